The lowest BCUT2D eigenvalue weighted by molar-refractivity contribution is -0.127. The van der Waals surface area contributed by atoms with Gasteiger partial charge >= 0.3 is 0 Å². The Labute approximate surface area is 180 Å². The molecule has 0 aliphatic heterocycles. The number of carbonyl (C=O) groups is 1. The Bertz CT molecular complexity index is 987. The highest BCUT2D eigenvalue weighted by molar-refractivity contribution is 7.99. The number of carbonyl (C=O) groups excluding carboxylic acids is 1. The Kier molecular flexibility index (Phi) is 7.46. The number of amides is 1. The highest BCUT2D eigenvalue weighted by atomic mass is 32.2. The number of hydrogen-bond donors (Lipinski definition) is 0. The molecule has 0 aliphatic carbocycles. The standard InChI is InChI=1S/C22H25FN4O2S/c1-4-26(5-2)20(28)15-30-22-25-24-21(16-11-13-17(14-12-16)29-6-3)27(22)19-10-8-7-9-18(19)23/h7-14H,4-6,15H2,1-3H3. The van der Waals surface area contributed by atoms with E-state index in [1.807, 2.05) is 45.0 Å². The molecule has 3 rings (SSSR count). The van der Waals surface area contributed by atoms with Crippen LogP contribution in [0.1, 0.15) is 20.8 Å². The first-order valence-corrected chi connectivity index (χ1v) is 10.9. The molecule has 30 heavy (non-hydrogen) atoms. The lowest BCUT2D eigenvalue weighted by Crippen LogP contribution is -2.31. The molecule has 0 saturated carbocycles. The van der Waals surface area contributed by atoms with Crippen molar-refractivity contribution in [1.82, 2.24) is 19.7 Å². The van der Waals surface area contributed by atoms with Gasteiger partial charge in [0.1, 0.15) is 11.6 Å². The van der Waals surface area contributed by atoms with Crippen LogP contribution < -0.4 is 4.74 Å². The number of benzene rings is 2. The maximum atomic E-state index is 14.6. The summed E-state index contributed by atoms with van der Waals surface area (Å²) in [4.78, 5) is 14.2. The van der Waals surface area contributed by atoms with E-state index in [4.69, 9.17) is 4.74 Å². The van der Waals surface area contributed by atoms with Gasteiger partial charge in [-0.25, -0.2) is 4.39 Å². The maximum absolute atomic E-state index is 14.6. The van der Waals surface area contributed by atoms with Crippen LogP contribution in [-0.4, -0.2) is 51.0 Å². The van der Waals surface area contributed by atoms with E-state index in [1.54, 1.807) is 27.7 Å². The van der Waals surface area contributed by atoms with E-state index >= 15 is 0 Å². The molecule has 1 heterocycles. The minimum Gasteiger partial charge on any atom is -0.494 e. The molecule has 3 aromatic rings. The van der Waals surface area contributed by atoms with Gasteiger partial charge in [-0.3, -0.25) is 9.36 Å². The van der Waals surface area contributed by atoms with E-state index in [1.165, 1.54) is 17.8 Å². The van der Waals surface area contributed by atoms with Crippen molar-refractivity contribution in [2.24, 2.45) is 0 Å². The molecule has 2 aromatic carbocycles. The number of ether oxygens (including phenoxy) is 1. The van der Waals surface area contributed by atoms with Crippen molar-refractivity contribution in [3.63, 3.8) is 0 Å². The van der Waals surface area contributed by atoms with Crippen molar-refractivity contribution in [1.29, 1.82) is 0 Å². The van der Waals surface area contributed by atoms with Crippen LogP contribution in [-0.2, 0) is 4.79 Å². The highest BCUT2D eigenvalue weighted by Gasteiger charge is 2.20. The van der Waals surface area contributed by atoms with Gasteiger partial charge < -0.3 is 9.64 Å². The molecular formula is C22H25FN4O2S. The van der Waals surface area contributed by atoms with Crippen LogP contribution in [0.2, 0.25) is 0 Å². The second kappa shape index (κ2) is 10.2. The molecule has 6 nitrogen and oxygen atoms in total. The third-order valence-electron chi connectivity index (χ3n) is 4.59. The summed E-state index contributed by atoms with van der Waals surface area (Å²) in [5.41, 5.74) is 1.11. The first-order valence-electron chi connectivity index (χ1n) is 9.93. The van der Waals surface area contributed by atoms with Crippen LogP contribution in [0.15, 0.2) is 53.7 Å². The van der Waals surface area contributed by atoms with Gasteiger partial charge in [0.05, 0.1) is 18.0 Å². The maximum Gasteiger partial charge on any atom is 0.233 e. The third-order valence-corrected chi connectivity index (χ3v) is 5.50. The Balaban J connectivity index is 1.98. The Morgan fingerprint density at radius 3 is 2.40 bits per heavy atom. The number of rotatable bonds is 9. The van der Waals surface area contributed by atoms with Crippen molar-refractivity contribution in [3.8, 4) is 22.8 Å². The predicted octanol–water partition coefficient (Wildman–Crippen LogP) is 4.43. The first kappa shape index (κ1) is 21.8. The van der Waals surface area contributed by atoms with Crippen molar-refractivity contribution in [2.45, 2.75) is 25.9 Å². The zero-order valence-corrected chi connectivity index (χ0v) is 18.2. The summed E-state index contributed by atoms with van der Waals surface area (Å²) in [6.45, 7) is 7.67. The summed E-state index contributed by atoms with van der Waals surface area (Å²) in [5.74, 6) is 1.08. The molecule has 0 radical (unpaired) electrons. The summed E-state index contributed by atoms with van der Waals surface area (Å²) in [6, 6.07) is 13.9. The Hall–Kier alpha value is -2.87. The minimum absolute atomic E-state index is 0.00991. The fourth-order valence-electron chi connectivity index (χ4n) is 3.06. The molecule has 0 fully saturated rings. The summed E-state index contributed by atoms with van der Waals surface area (Å²) < 4.78 is 21.8. The third kappa shape index (κ3) is 4.81. The summed E-state index contributed by atoms with van der Waals surface area (Å²) in [7, 11) is 0. The second-order valence-corrected chi connectivity index (χ2v) is 7.35. The number of nitrogens with zero attached hydrogens (tertiary/aromatic N) is 4. The topological polar surface area (TPSA) is 60.3 Å². The van der Waals surface area contributed by atoms with E-state index in [0.29, 0.717) is 36.4 Å². The van der Waals surface area contributed by atoms with Gasteiger partial charge in [0, 0.05) is 18.7 Å². The fraction of sp³-hybridized carbons (Fsp3) is 0.318. The van der Waals surface area contributed by atoms with Gasteiger partial charge in [0.25, 0.3) is 0 Å². The molecule has 0 spiro atoms. The minimum atomic E-state index is -0.388. The van der Waals surface area contributed by atoms with Gasteiger partial charge in [-0.1, -0.05) is 23.9 Å². The molecule has 0 saturated heterocycles. The second-order valence-electron chi connectivity index (χ2n) is 6.41. The average Bonchev–Trinajstić information content (AvgIpc) is 3.18. The van der Waals surface area contributed by atoms with Crippen molar-refractivity contribution >= 4 is 17.7 Å². The van der Waals surface area contributed by atoms with Crippen LogP contribution in [0.4, 0.5) is 4.39 Å². The molecule has 0 aliphatic rings. The molecule has 0 atom stereocenters. The van der Waals surface area contributed by atoms with Crippen LogP contribution in [0, 0.1) is 5.82 Å². The van der Waals surface area contributed by atoms with E-state index < -0.39 is 0 Å². The largest absolute Gasteiger partial charge is 0.494 e. The molecule has 1 amide bonds. The zero-order chi connectivity index (χ0) is 21.5. The van der Waals surface area contributed by atoms with E-state index in [-0.39, 0.29) is 17.5 Å². The number of hydrogen-bond acceptors (Lipinski definition) is 5. The van der Waals surface area contributed by atoms with Crippen molar-refractivity contribution < 1.29 is 13.9 Å². The monoisotopic (exact) mass is 428 g/mol. The molecule has 158 valence electrons. The SMILES string of the molecule is CCOc1ccc(-c2nnc(SCC(=O)N(CC)CC)n2-c2ccccc2F)cc1. The molecule has 8 heteroatoms. The van der Waals surface area contributed by atoms with E-state index in [2.05, 4.69) is 10.2 Å². The smallest absolute Gasteiger partial charge is 0.233 e. The molecule has 0 unspecified atom stereocenters. The van der Waals surface area contributed by atoms with E-state index in [9.17, 15) is 9.18 Å². The number of para-hydroxylation sites is 1. The van der Waals surface area contributed by atoms with Crippen molar-refractivity contribution in [3.05, 3.63) is 54.3 Å². The van der Waals surface area contributed by atoms with Gasteiger partial charge in [0.15, 0.2) is 11.0 Å². The zero-order valence-electron chi connectivity index (χ0n) is 17.3. The predicted molar refractivity (Wildman–Crippen MR) is 117 cm³/mol. The van der Waals surface area contributed by atoms with Crippen molar-refractivity contribution in [2.75, 3.05) is 25.4 Å². The van der Waals surface area contributed by atoms with Crippen LogP contribution >= 0.6 is 11.8 Å². The van der Waals surface area contributed by atoms with Gasteiger partial charge in [-0.15, -0.1) is 10.2 Å². The van der Waals surface area contributed by atoms with Crippen LogP contribution in [0.25, 0.3) is 17.1 Å². The Morgan fingerprint density at radius 2 is 1.77 bits per heavy atom. The molecule has 1 aromatic heterocycles. The molecule has 0 bridgehead atoms. The fourth-order valence-corrected chi connectivity index (χ4v) is 3.91. The first-order chi connectivity index (χ1) is 14.6. The number of aromatic nitrogens is 3. The quantitative estimate of drug-likeness (QED) is 0.472. The van der Waals surface area contributed by atoms with E-state index in [0.717, 1.165) is 11.3 Å². The molecular weight excluding hydrogens is 403 g/mol. The van der Waals surface area contributed by atoms with Crippen LogP contribution in [0.3, 0.4) is 0 Å². The highest BCUT2D eigenvalue weighted by Crippen LogP contribution is 2.30. The Morgan fingerprint density at radius 1 is 1.07 bits per heavy atom. The number of halogens is 1. The average molecular weight is 429 g/mol. The van der Waals surface area contributed by atoms with Crippen LogP contribution in [0.5, 0.6) is 5.75 Å². The number of thioether (sulfide) groups is 1. The normalized spacial score (nSPS) is 10.8. The van der Waals surface area contributed by atoms with Gasteiger partial charge in [-0.2, -0.15) is 0 Å². The summed E-state index contributed by atoms with van der Waals surface area (Å²) in [6.07, 6.45) is 0. The summed E-state index contributed by atoms with van der Waals surface area (Å²) >= 11 is 1.25. The van der Waals surface area contributed by atoms with Gasteiger partial charge in [0.2, 0.25) is 5.91 Å². The lowest BCUT2D eigenvalue weighted by atomic mass is 10.2. The summed E-state index contributed by atoms with van der Waals surface area (Å²) in [5, 5.41) is 9.02. The lowest BCUT2D eigenvalue weighted by Gasteiger charge is -2.18. The molecule has 0 N–H and O–H groups in total. The van der Waals surface area contributed by atoms with Gasteiger partial charge in [-0.05, 0) is 57.2 Å².